The summed E-state index contributed by atoms with van der Waals surface area (Å²) in [6.45, 7) is 1.95. The van der Waals surface area contributed by atoms with E-state index in [1.165, 1.54) is 26.0 Å². The minimum atomic E-state index is -3.65. The van der Waals surface area contributed by atoms with Crippen LogP contribution in [-0.4, -0.2) is 62.3 Å². The Hall–Kier alpha value is -2.16. The van der Waals surface area contributed by atoms with E-state index in [-0.39, 0.29) is 10.8 Å². The number of ether oxygens (including phenoxy) is 2. The number of hydrogen-bond acceptors (Lipinski definition) is 10. The number of aromatic nitrogens is 2. The van der Waals surface area contributed by atoms with Gasteiger partial charge in [-0.05, 0) is 51.6 Å². The Morgan fingerprint density at radius 3 is 2.66 bits per heavy atom. The Kier molecular flexibility index (Phi) is 9.54. The molecule has 0 aliphatic carbocycles. The van der Waals surface area contributed by atoms with Crippen LogP contribution in [-0.2, 0) is 30.6 Å². The molecule has 6 atom stereocenters. The molecular formula is C22H28ClFN3O9PS. The summed E-state index contributed by atoms with van der Waals surface area (Å²) in [5.74, 6) is -1.30. The van der Waals surface area contributed by atoms with Gasteiger partial charge in [-0.15, -0.1) is 0 Å². The maximum Gasteiger partial charge on any atom is 0.330 e. The lowest BCUT2D eigenvalue weighted by Gasteiger charge is -2.28. The topological polar surface area (TPSA) is 161 Å². The largest absolute Gasteiger partial charge is 0.462 e. The van der Waals surface area contributed by atoms with E-state index < -0.39 is 72.5 Å². The van der Waals surface area contributed by atoms with E-state index in [2.05, 4.69) is 5.09 Å². The lowest BCUT2D eigenvalue weighted by molar-refractivity contribution is -0.149. The first kappa shape index (κ1) is 30.4. The van der Waals surface area contributed by atoms with Gasteiger partial charge in [0, 0.05) is 18.3 Å². The summed E-state index contributed by atoms with van der Waals surface area (Å²) < 4.78 is 37.1. The van der Waals surface area contributed by atoms with Crippen molar-refractivity contribution in [3.63, 3.8) is 0 Å². The second-order valence-corrected chi connectivity index (χ2v) is 12.6. The summed E-state index contributed by atoms with van der Waals surface area (Å²) in [6, 6.07) is 3.55. The average molecular weight is 596 g/mol. The zero-order valence-electron chi connectivity index (χ0n) is 20.8. The molecule has 1 aliphatic rings. The highest BCUT2D eigenvalue weighted by Gasteiger charge is 2.54. The van der Waals surface area contributed by atoms with Crippen LogP contribution in [0.5, 0.6) is 5.75 Å². The van der Waals surface area contributed by atoms with Gasteiger partial charge < -0.3 is 28.7 Å². The normalized spacial score (nSPS) is 25.7. The van der Waals surface area contributed by atoms with Gasteiger partial charge in [-0.3, -0.25) is 19.1 Å². The number of carbonyl (C=O) groups excluding carboxylic acids is 1. The number of carbonyl (C=O) groups is 1. The van der Waals surface area contributed by atoms with Gasteiger partial charge >= 0.3 is 18.3 Å². The number of aromatic amines is 1. The van der Waals surface area contributed by atoms with Gasteiger partial charge in [-0.25, -0.2) is 14.3 Å². The van der Waals surface area contributed by atoms with Gasteiger partial charge in [0.2, 0.25) is 0 Å². The molecule has 3 rings (SSSR count). The lowest BCUT2D eigenvalue weighted by Crippen LogP contribution is -2.47. The number of aliphatic hydroxyl groups is 2. The third-order valence-corrected chi connectivity index (χ3v) is 8.23. The molecule has 1 aromatic heterocycles. The van der Waals surface area contributed by atoms with Crippen LogP contribution in [0, 0.1) is 5.82 Å². The number of hydrogen-bond donors (Lipinski definition) is 4. The van der Waals surface area contributed by atoms with Crippen molar-refractivity contribution < 1.29 is 37.9 Å². The molecule has 210 valence electrons. The van der Waals surface area contributed by atoms with Crippen molar-refractivity contribution in [1.29, 1.82) is 0 Å². The summed E-state index contributed by atoms with van der Waals surface area (Å²) in [7, 11) is 0. The van der Waals surface area contributed by atoms with E-state index in [1.807, 2.05) is 4.98 Å². The van der Waals surface area contributed by atoms with Gasteiger partial charge in [0.25, 0.3) is 5.56 Å². The standard InChI is InChI=1S/C22H28ClFN3O9PS/c1-11(2)34-19(30)12(3)26-37(38,36-13-5-6-15(24)14(23)9-13)33-10-16-18(29)22(4,32)20(35-16)27-8-7-17(28)25-21(27)31/h5-9,11-12,16,18,20,29,32H,10H2,1-4H3,(H,26,38)(H,25,28,31)/t12-,16+,18+,20+,22+,37?/m0/s1. The minimum absolute atomic E-state index is 0.0363. The Balaban J connectivity index is 1.83. The van der Waals surface area contributed by atoms with Crippen molar-refractivity contribution >= 4 is 36.0 Å². The molecule has 1 fully saturated rings. The van der Waals surface area contributed by atoms with E-state index in [1.54, 1.807) is 13.8 Å². The number of rotatable bonds is 10. The molecule has 2 heterocycles. The van der Waals surface area contributed by atoms with E-state index in [9.17, 15) is 29.0 Å². The summed E-state index contributed by atoms with van der Waals surface area (Å²) in [4.78, 5) is 38.1. The molecule has 2 aromatic rings. The first-order valence-electron chi connectivity index (χ1n) is 11.4. The van der Waals surface area contributed by atoms with E-state index in [4.69, 9.17) is 41.9 Å². The number of esters is 1. The van der Waals surface area contributed by atoms with Gasteiger partial charge in [-0.2, -0.15) is 0 Å². The smallest absolute Gasteiger partial charge is 0.330 e. The highest BCUT2D eigenvalue weighted by molar-refractivity contribution is 8.09. The number of nitrogens with one attached hydrogen (secondary N) is 2. The zero-order chi connectivity index (χ0) is 28.4. The Morgan fingerprint density at radius 1 is 1.37 bits per heavy atom. The number of halogens is 2. The highest BCUT2D eigenvalue weighted by atomic mass is 35.5. The fourth-order valence-electron chi connectivity index (χ4n) is 3.55. The number of aliphatic hydroxyl groups excluding tert-OH is 1. The monoisotopic (exact) mass is 595 g/mol. The van der Waals surface area contributed by atoms with Gasteiger partial charge in [0.1, 0.15) is 35.4 Å². The van der Waals surface area contributed by atoms with Gasteiger partial charge in [0.15, 0.2) is 6.23 Å². The molecule has 4 N–H and O–H groups in total. The summed E-state index contributed by atoms with van der Waals surface area (Å²) in [5.41, 5.74) is -3.50. The average Bonchev–Trinajstić information content (AvgIpc) is 3.03. The van der Waals surface area contributed by atoms with Crippen molar-refractivity contribution in [2.75, 3.05) is 6.61 Å². The van der Waals surface area contributed by atoms with Crippen molar-refractivity contribution in [3.05, 3.63) is 62.1 Å². The summed E-state index contributed by atoms with van der Waals surface area (Å²) >= 11 is 11.4. The molecule has 1 unspecified atom stereocenters. The second kappa shape index (κ2) is 11.9. The van der Waals surface area contributed by atoms with Crippen LogP contribution in [0.2, 0.25) is 5.02 Å². The third-order valence-electron chi connectivity index (χ3n) is 5.44. The summed E-state index contributed by atoms with van der Waals surface area (Å²) in [6.07, 6.45) is -3.47. The van der Waals surface area contributed by atoms with Crippen LogP contribution >= 0.6 is 18.2 Å². The third kappa shape index (κ3) is 7.07. The highest BCUT2D eigenvalue weighted by Crippen LogP contribution is 2.47. The van der Waals surface area contributed by atoms with Crippen LogP contribution in [0.15, 0.2) is 40.1 Å². The van der Waals surface area contributed by atoms with Crippen molar-refractivity contribution in [1.82, 2.24) is 14.6 Å². The fraction of sp³-hybridized carbons (Fsp3) is 0.500. The molecule has 0 radical (unpaired) electrons. The van der Waals surface area contributed by atoms with Crippen molar-refractivity contribution in [2.24, 2.45) is 0 Å². The zero-order valence-corrected chi connectivity index (χ0v) is 23.3. The van der Waals surface area contributed by atoms with Crippen molar-refractivity contribution in [2.45, 2.75) is 63.9 Å². The number of H-pyrrole nitrogens is 1. The lowest BCUT2D eigenvalue weighted by atomic mass is 9.96. The first-order valence-corrected chi connectivity index (χ1v) is 14.4. The van der Waals surface area contributed by atoms with Crippen LogP contribution in [0.25, 0.3) is 0 Å². The summed E-state index contributed by atoms with van der Waals surface area (Å²) in [5, 5.41) is 24.2. The molecule has 0 saturated carbocycles. The van der Waals surface area contributed by atoms with Crippen molar-refractivity contribution in [3.8, 4) is 5.75 Å². The number of nitrogens with zero attached hydrogens (tertiary/aromatic N) is 1. The molecule has 0 amide bonds. The Labute approximate surface area is 226 Å². The molecule has 12 nitrogen and oxygen atoms in total. The molecule has 38 heavy (non-hydrogen) atoms. The van der Waals surface area contributed by atoms with E-state index in [0.717, 1.165) is 22.9 Å². The Bertz CT molecular complexity index is 1340. The van der Waals surface area contributed by atoms with Gasteiger partial charge in [0.05, 0.1) is 17.7 Å². The molecular weight excluding hydrogens is 568 g/mol. The molecule has 1 aromatic carbocycles. The predicted octanol–water partition coefficient (Wildman–Crippen LogP) is 1.59. The molecule has 0 bridgehead atoms. The molecule has 1 aliphatic heterocycles. The predicted molar refractivity (Wildman–Crippen MR) is 138 cm³/mol. The van der Waals surface area contributed by atoms with Gasteiger partial charge in [-0.1, -0.05) is 11.6 Å². The van der Waals surface area contributed by atoms with Crippen LogP contribution in [0.4, 0.5) is 4.39 Å². The molecule has 0 spiro atoms. The second-order valence-electron chi connectivity index (χ2n) is 9.01. The SMILES string of the molecule is CC(C)OC(=O)[C@H](C)NP(=S)(OC[C@H]1O[C@@H](n2ccc(=O)[nH]c2=O)[C@](C)(O)[C@@H]1O)Oc1ccc(F)c(Cl)c1. The van der Waals surface area contributed by atoms with Crippen LogP contribution < -0.4 is 20.9 Å². The fourth-order valence-corrected chi connectivity index (χ4v) is 6.13. The van der Waals surface area contributed by atoms with E-state index in [0.29, 0.717) is 0 Å². The maximum atomic E-state index is 13.6. The molecule has 16 heteroatoms. The quantitative estimate of drug-likeness (QED) is 0.233. The Morgan fingerprint density at radius 2 is 2.05 bits per heavy atom. The van der Waals surface area contributed by atoms with Crippen LogP contribution in [0.3, 0.4) is 0 Å². The maximum absolute atomic E-state index is 13.6. The number of benzene rings is 1. The first-order chi connectivity index (χ1) is 17.6. The minimum Gasteiger partial charge on any atom is -0.462 e. The molecule has 1 saturated heterocycles. The van der Waals surface area contributed by atoms with E-state index >= 15 is 0 Å². The van der Waals surface area contributed by atoms with Crippen LogP contribution in [0.1, 0.15) is 33.9 Å².